The highest BCUT2D eigenvalue weighted by Gasteiger charge is 1.95. The Morgan fingerprint density at radius 2 is 1.94 bits per heavy atom. The van der Waals surface area contributed by atoms with Crippen molar-refractivity contribution >= 4 is 5.65 Å². The van der Waals surface area contributed by atoms with E-state index in [9.17, 15) is 4.39 Å². The average molecular weight is 238 g/mol. The highest BCUT2D eigenvalue weighted by Crippen LogP contribution is 2.00. The van der Waals surface area contributed by atoms with E-state index in [1.54, 1.807) is 29.0 Å². The summed E-state index contributed by atoms with van der Waals surface area (Å²) >= 11 is 0. The van der Waals surface area contributed by atoms with Gasteiger partial charge in [-0.1, -0.05) is 0 Å². The van der Waals surface area contributed by atoms with Gasteiger partial charge in [-0.15, -0.1) is 0 Å². The number of hydrogen-bond acceptors (Lipinski definition) is 3. The lowest BCUT2D eigenvalue weighted by Crippen LogP contribution is -1.91. The maximum Gasteiger partial charge on any atom is 0.156 e. The summed E-state index contributed by atoms with van der Waals surface area (Å²) in [6.45, 7) is 0. The molecule has 0 radical (unpaired) electrons. The van der Waals surface area contributed by atoms with E-state index < -0.39 is 0 Å². The Balaban J connectivity index is 1.94. The third-order valence-corrected chi connectivity index (χ3v) is 2.30. The van der Waals surface area contributed by atoms with E-state index in [1.165, 1.54) is 12.1 Å². The van der Waals surface area contributed by atoms with Crippen LogP contribution >= 0.6 is 0 Å². The van der Waals surface area contributed by atoms with Crippen molar-refractivity contribution in [1.29, 1.82) is 0 Å². The van der Waals surface area contributed by atoms with Crippen molar-refractivity contribution in [2.24, 2.45) is 0 Å². The zero-order valence-electron chi connectivity index (χ0n) is 9.21. The van der Waals surface area contributed by atoms with Crippen LogP contribution in [0.4, 0.5) is 4.39 Å². The summed E-state index contributed by atoms with van der Waals surface area (Å²) in [5.41, 5.74) is 1.86. The van der Waals surface area contributed by atoms with Crippen molar-refractivity contribution in [3.63, 3.8) is 0 Å². The number of fused-ring (bicyclic) bond motifs is 1. The van der Waals surface area contributed by atoms with Crippen LogP contribution in [0.1, 0.15) is 11.4 Å². The van der Waals surface area contributed by atoms with Gasteiger partial charge in [0.2, 0.25) is 0 Å². The molecule has 0 aliphatic rings. The van der Waals surface area contributed by atoms with Crippen LogP contribution in [0.25, 0.3) is 5.65 Å². The van der Waals surface area contributed by atoms with Crippen LogP contribution in [0.5, 0.6) is 0 Å². The normalized spacial score (nSPS) is 10.1. The quantitative estimate of drug-likeness (QED) is 0.559. The Bertz CT molecular complexity index is 750. The predicted octanol–water partition coefficient (Wildman–Crippen LogP) is 1.66. The molecular weight excluding hydrogens is 231 g/mol. The Kier molecular flexibility index (Phi) is 2.47. The van der Waals surface area contributed by atoms with Crippen LogP contribution in [-0.2, 0) is 0 Å². The second-order valence-corrected chi connectivity index (χ2v) is 3.56. The molecule has 0 aliphatic carbocycles. The van der Waals surface area contributed by atoms with Crippen LogP contribution < -0.4 is 0 Å². The zero-order valence-corrected chi connectivity index (χ0v) is 9.21. The van der Waals surface area contributed by atoms with Gasteiger partial charge in [-0.3, -0.25) is 0 Å². The van der Waals surface area contributed by atoms with Gasteiger partial charge in [0.1, 0.15) is 17.2 Å². The molecule has 3 heterocycles. The van der Waals surface area contributed by atoms with E-state index >= 15 is 0 Å². The zero-order chi connectivity index (χ0) is 12.4. The van der Waals surface area contributed by atoms with Crippen molar-refractivity contribution in [2.75, 3.05) is 0 Å². The molecule has 0 unspecified atom stereocenters. The van der Waals surface area contributed by atoms with Crippen LogP contribution in [-0.4, -0.2) is 19.6 Å². The Labute approximate surface area is 102 Å². The van der Waals surface area contributed by atoms with Gasteiger partial charge in [-0.2, -0.15) is 5.10 Å². The first kappa shape index (κ1) is 10.4. The van der Waals surface area contributed by atoms with Gasteiger partial charge in [-0.05, 0) is 30.0 Å². The fourth-order valence-corrected chi connectivity index (χ4v) is 1.46. The second kappa shape index (κ2) is 4.26. The number of hydrogen-bond donors (Lipinski definition) is 0. The Hall–Kier alpha value is -2.74. The molecule has 0 saturated carbocycles. The maximum atomic E-state index is 12.7. The number of nitrogens with zero attached hydrogens (tertiary/aromatic N) is 4. The van der Waals surface area contributed by atoms with Gasteiger partial charge in [0, 0.05) is 12.3 Å². The summed E-state index contributed by atoms with van der Waals surface area (Å²) in [5, 5.41) is 4.04. The SMILES string of the molecule is Fc1ccc(C#Cc2ccn3nccc3n2)nc1. The van der Waals surface area contributed by atoms with Crippen LogP contribution in [0.3, 0.4) is 0 Å². The van der Waals surface area contributed by atoms with Crippen LogP contribution in [0, 0.1) is 17.7 Å². The highest BCUT2D eigenvalue weighted by atomic mass is 19.1. The van der Waals surface area contributed by atoms with Gasteiger partial charge >= 0.3 is 0 Å². The van der Waals surface area contributed by atoms with Crippen LogP contribution in [0.2, 0.25) is 0 Å². The summed E-state index contributed by atoms with van der Waals surface area (Å²) in [7, 11) is 0. The molecule has 0 spiro atoms. The standard InChI is InChI=1S/C13H7FN4/c14-10-1-2-11(15-9-10)3-4-12-6-8-18-13(17-12)5-7-16-18/h1-2,5-9H. The summed E-state index contributed by atoms with van der Waals surface area (Å²) in [4.78, 5) is 8.14. The van der Waals surface area contributed by atoms with Gasteiger partial charge in [-0.25, -0.2) is 18.9 Å². The highest BCUT2D eigenvalue weighted by molar-refractivity contribution is 5.42. The van der Waals surface area contributed by atoms with Crippen molar-refractivity contribution in [2.45, 2.75) is 0 Å². The van der Waals surface area contributed by atoms with Crippen molar-refractivity contribution in [3.8, 4) is 11.8 Å². The van der Waals surface area contributed by atoms with Gasteiger partial charge < -0.3 is 0 Å². The van der Waals surface area contributed by atoms with E-state index in [0.717, 1.165) is 11.8 Å². The minimum absolute atomic E-state index is 0.376. The minimum Gasteiger partial charge on any atom is -0.245 e. The fraction of sp³-hybridized carbons (Fsp3) is 0. The first-order chi connectivity index (χ1) is 8.81. The van der Waals surface area contributed by atoms with E-state index in [4.69, 9.17) is 0 Å². The summed E-state index contributed by atoms with van der Waals surface area (Å²) < 4.78 is 14.3. The average Bonchev–Trinajstić information content (AvgIpc) is 2.85. The molecule has 3 rings (SSSR count). The largest absolute Gasteiger partial charge is 0.245 e. The molecule has 0 aromatic carbocycles. The number of aromatic nitrogens is 4. The molecule has 5 heteroatoms. The van der Waals surface area contributed by atoms with E-state index in [2.05, 4.69) is 26.9 Å². The van der Waals surface area contributed by atoms with Gasteiger partial charge in [0.15, 0.2) is 5.65 Å². The first-order valence-electron chi connectivity index (χ1n) is 5.25. The number of pyridine rings is 1. The monoisotopic (exact) mass is 238 g/mol. The fourth-order valence-electron chi connectivity index (χ4n) is 1.46. The number of rotatable bonds is 0. The molecule has 0 saturated heterocycles. The van der Waals surface area contributed by atoms with E-state index in [1.807, 2.05) is 0 Å². The molecule has 4 nitrogen and oxygen atoms in total. The summed E-state index contributed by atoms with van der Waals surface area (Å²) in [6, 6.07) is 6.40. The molecule has 0 amide bonds. The third-order valence-electron chi connectivity index (χ3n) is 2.30. The maximum absolute atomic E-state index is 12.7. The smallest absolute Gasteiger partial charge is 0.156 e. The molecule has 0 atom stereocenters. The van der Waals surface area contributed by atoms with E-state index in [0.29, 0.717) is 11.4 Å². The molecule has 0 aliphatic heterocycles. The Morgan fingerprint density at radius 1 is 1.06 bits per heavy atom. The molecule has 0 N–H and O–H groups in total. The molecular formula is C13H7FN4. The van der Waals surface area contributed by atoms with Crippen LogP contribution in [0.15, 0.2) is 42.9 Å². The number of halogens is 1. The molecule has 18 heavy (non-hydrogen) atoms. The van der Waals surface area contributed by atoms with E-state index in [-0.39, 0.29) is 5.82 Å². The Morgan fingerprint density at radius 3 is 2.78 bits per heavy atom. The minimum atomic E-state index is -0.376. The summed E-state index contributed by atoms with van der Waals surface area (Å²) in [5.74, 6) is 5.32. The van der Waals surface area contributed by atoms with Crippen molar-refractivity contribution < 1.29 is 4.39 Å². The lowest BCUT2D eigenvalue weighted by atomic mass is 10.3. The topological polar surface area (TPSA) is 43.1 Å². The lowest BCUT2D eigenvalue weighted by molar-refractivity contribution is 0.621. The van der Waals surface area contributed by atoms with Crippen molar-refractivity contribution in [3.05, 3.63) is 60.1 Å². The molecule has 3 aromatic rings. The molecule has 0 bridgehead atoms. The molecule has 3 aromatic heterocycles. The van der Waals surface area contributed by atoms with Crippen molar-refractivity contribution in [1.82, 2.24) is 19.6 Å². The second-order valence-electron chi connectivity index (χ2n) is 3.56. The third kappa shape index (κ3) is 2.04. The molecule has 0 fully saturated rings. The first-order valence-corrected chi connectivity index (χ1v) is 5.25. The van der Waals surface area contributed by atoms with Gasteiger partial charge in [0.05, 0.1) is 12.4 Å². The summed E-state index contributed by atoms with van der Waals surface area (Å²) in [6.07, 6.45) is 4.59. The van der Waals surface area contributed by atoms with Gasteiger partial charge in [0.25, 0.3) is 0 Å². The predicted molar refractivity (Wildman–Crippen MR) is 63.2 cm³/mol. The molecule has 86 valence electrons. The lowest BCUT2D eigenvalue weighted by Gasteiger charge is -1.92.